The lowest BCUT2D eigenvalue weighted by atomic mass is 9.98. The van der Waals surface area contributed by atoms with E-state index in [9.17, 15) is 31.7 Å². The summed E-state index contributed by atoms with van der Waals surface area (Å²) in [6.45, 7) is -0.143. The summed E-state index contributed by atoms with van der Waals surface area (Å²) in [6, 6.07) is 1.13. The normalized spacial score (nSPS) is 17.4. The number of pyridine rings is 1. The van der Waals surface area contributed by atoms with E-state index < -0.39 is 20.5 Å². The van der Waals surface area contributed by atoms with E-state index in [0.29, 0.717) is 10.8 Å². The highest BCUT2D eigenvalue weighted by molar-refractivity contribution is 7.90. The van der Waals surface area contributed by atoms with E-state index in [1.807, 2.05) is 0 Å². The number of anilines is 1. The summed E-state index contributed by atoms with van der Waals surface area (Å²) >= 11 is 5.88. The maximum atomic E-state index is 12.5. The van der Waals surface area contributed by atoms with Crippen LogP contribution in [-0.4, -0.2) is 47.8 Å². The highest BCUT2D eigenvalue weighted by atomic mass is 35.5. The molecule has 1 N–H and O–H groups in total. The van der Waals surface area contributed by atoms with Crippen LogP contribution >= 0.6 is 11.6 Å². The number of halogens is 4. The molecule has 1 saturated heterocycles. The van der Waals surface area contributed by atoms with Gasteiger partial charge < -0.3 is 5.32 Å². The third kappa shape index (κ3) is 4.50. The van der Waals surface area contributed by atoms with E-state index in [0.717, 1.165) is 12.3 Å². The Bertz CT molecular complexity index is 751. The Hall–Kier alpha value is -1.66. The number of nitrogens with zero attached hydrogens (tertiary/aromatic N) is 3. The number of nitrogens with one attached hydrogen (secondary N) is 1. The molecule has 1 aromatic rings. The van der Waals surface area contributed by atoms with E-state index in [1.165, 1.54) is 0 Å². The van der Waals surface area contributed by atoms with Crippen LogP contribution in [0.3, 0.4) is 0 Å². The smallest absolute Gasteiger partial charge is 0.369 e. The molecule has 0 amide bonds. The number of sulfonamides is 1. The van der Waals surface area contributed by atoms with Gasteiger partial charge in [0.15, 0.2) is 0 Å². The van der Waals surface area contributed by atoms with E-state index in [1.54, 1.807) is 0 Å². The molecule has 140 valence electrons. The van der Waals surface area contributed by atoms with Crippen LogP contribution in [0.1, 0.15) is 12.8 Å². The molecule has 0 aromatic carbocycles. The van der Waals surface area contributed by atoms with Crippen LogP contribution in [-0.2, 0) is 10.0 Å². The third-order valence-corrected chi connectivity index (χ3v) is 5.72. The largest absolute Gasteiger partial charge is 0.511 e. The minimum atomic E-state index is -5.30. The number of hydrogen-bond acceptors (Lipinski definition) is 6. The van der Waals surface area contributed by atoms with Crippen LogP contribution < -0.4 is 5.32 Å². The zero-order valence-corrected chi connectivity index (χ0v) is 14.2. The number of piperidine rings is 1. The van der Waals surface area contributed by atoms with Gasteiger partial charge >= 0.3 is 15.5 Å². The van der Waals surface area contributed by atoms with Crippen molar-refractivity contribution in [1.82, 2.24) is 9.29 Å². The van der Waals surface area contributed by atoms with Gasteiger partial charge in [0, 0.05) is 25.7 Å². The highest BCUT2D eigenvalue weighted by Gasteiger charge is 2.50. The fraction of sp³-hybridized carbons (Fsp3) is 0.583. The first-order valence-electron chi connectivity index (χ1n) is 7.12. The molecule has 1 fully saturated rings. The van der Waals surface area contributed by atoms with E-state index in [2.05, 4.69) is 10.3 Å². The summed E-state index contributed by atoms with van der Waals surface area (Å²) in [5.74, 6) is 0.144. The molecular weight excluding hydrogens is 389 g/mol. The molecule has 0 unspecified atom stereocenters. The molecule has 1 aliphatic rings. The SMILES string of the molecule is O=[N+]([O-])c1cnc(NCC2CCN(S(=O)(=O)C(F)(F)F)CC2)c(Cl)c1. The third-order valence-electron chi connectivity index (χ3n) is 3.80. The van der Waals surface area contributed by atoms with Crippen LogP contribution in [0.25, 0.3) is 0 Å². The minimum absolute atomic E-state index is 0.0475. The van der Waals surface area contributed by atoms with Crippen molar-refractivity contribution in [3.63, 3.8) is 0 Å². The molecule has 1 aromatic heterocycles. The summed E-state index contributed by atoms with van der Waals surface area (Å²) in [7, 11) is -5.29. The maximum absolute atomic E-state index is 12.5. The fourth-order valence-electron chi connectivity index (χ4n) is 2.40. The Kier molecular flexibility index (Phi) is 5.74. The van der Waals surface area contributed by atoms with Gasteiger partial charge in [0.05, 0.1) is 9.95 Å². The highest BCUT2D eigenvalue weighted by Crippen LogP contribution is 2.31. The zero-order valence-electron chi connectivity index (χ0n) is 12.7. The summed E-state index contributed by atoms with van der Waals surface area (Å²) in [5, 5.41) is 13.5. The van der Waals surface area contributed by atoms with Crippen molar-refractivity contribution in [3.8, 4) is 0 Å². The first-order chi connectivity index (χ1) is 11.5. The lowest BCUT2D eigenvalue weighted by Gasteiger charge is -2.31. The van der Waals surface area contributed by atoms with Crippen molar-refractivity contribution in [2.45, 2.75) is 18.3 Å². The molecule has 8 nitrogen and oxygen atoms in total. The second kappa shape index (κ2) is 7.30. The van der Waals surface area contributed by atoms with Gasteiger partial charge in [0.1, 0.15) is 12.0 Å². The number of hydrogen-bond donors (Lipinski definition) is 1. The molecule has 0 spiro atoms. The quantitative estimate of drug-likeness (QED) is 0.599. The molecule has 0 aliphatic carbocycles. The molecule has 13 heteroatoms. The van der Waals surface area contributed by atoms with Crippen LogP contribution in [0.5, 0.6) is 0 Å². The van der Waals surface area contributed by atoms with Gasteiger partial charge in [0.25, 0.3) is 5.69 Å². The predicted molar refractivity (Wildman–Crippen MR) is 83.7 cm³/mol. The second-order valence-corrected chi connectivity index (χ2v) is 7.79. The summed E-state index contributed by atoms with van der Waals surface area (Å²) < 4.78 is 60.6. The lowest BCUT2D eigenvalue weighted by Crippen LogP contribution is -2.45. The fourth-order valence-corrected chi connectivity index (χ4v) is 3.61. The topological polar surface area (TPSA) is 105 Å². The van der Waals surface area contributed by atoms with E-state index in [-0.39, 0.29) is 48.4 Å². The Morgan fingerprint density at radius 1 is 1.40 bits per heavy atom. The van der Waals surface area contributed by atoms with Gasteiger partial charge in [-0.25, -0.2) is 13.4 Å². The van der Waals surface area contributed by atoms with Crippen LogP contribution in [0, 0.1) is 16.0 Å². The number of rotatable bonds is 5. The van der Waals surface area contributed by atoms with E-state index >= 15 is 0 Å². The second-order valence-electron chi connectivity index (χ2n) is 5.46. The van der Waals surface area contributed by atoms with Crippen LogP contribution in [0.2, 0.25) is 5.02 Å². The van der Waals surface area contributed by atoms with Crippen LogP contribution in [0.4, 0.5) is 24.7 Å². The zero-order chi connectivity index (χ0) is 18.8. The minimum Gasteiger partial charge on any atom is -0.369 e. The van der Waals surface area contributed by atoms with Crippen molar-refractivity contribution < 1.29 is 26.5 Å². The monoisotopic (exact) mass is 402 g/mol. The van der Waals surface area contributed by atoms with Crippen molar-refractivity contribution in [2.24, 2.45) is 5.92 Å². The molecule has 0 saturated carbocycles. The Morgan fingerprint density at radius 2 is 2.00 bits per heavy atom. The van der Waals surface area contributed by atoms with Gasteiger partial charge in [-0.2, -0.15) is 17.5 Å². The molecule has 25 heavy (non-hydrogen) atoms. The standard InChI is InChI=1S/C12H14ClF3N4O4S/c13-10-5-9(20(21)22)7-18-11(10)17-6-8-1-3-19(4-2-8)25(23,24)12(14,15)16/h5,7-8H,1-4,6H2,(H,17,18). The Balaban J connectivity index is 1.90. The number of aromatic nitrogens is 1. The average molecular weight is 403 g/mol. The van der Waals surface area contributed by atoms with Crippen molar-refractivity contribution in [3.05, 3.63) is 27.4 Å². The molecule has 0 bridgehead atoms. The Morgan fingerprint density at radius 3 is 2.48 bits per heavy atom. The van der Waals surface area contributed by atoms with Gasteiger partial charge in [-0.15, -0.1) is 0 Å². The Labute approximate surface area is 146 Å². The number of alkyl halides is 3. The van der Waals surface area contributed by atoms with Crippen molar-refractivity contribution in [2.75, 3.05) is 25.0 Å². The summed E-state index contributed by atoms with van der Waals surface area (Å²) in [4.78, 5) is 13.8. The molecule has 1 aliphatic heterocycles. The maximum Gasteiger partial charge on any atom is 0.511 e. The van der Waals surface area contributed by atoms with Gasteiger partial charge in [-0.1, -0.05) is 11.6 Å². The molecule has 0 atom stereocenters. The summed E-state index contributed by atoms with van der Waals surface area (Å²) in [5.41, 5.74) is -5.56. The first kappa shape index (κ1) is 19.7. The van der Waals surface area contributed by atoms with Crippen LogP contribution in [0.15, 0.2) is 12.3 Å². The molecular formula is C12H14ClF3N4O4S. The van der Waals surface area contributed by atoms with Crippen molar-refractivity contribution in [1.29, 1.82) is 0 Å². The van der Waals surface area contributed by atoms with Gasteiger partial charge in [0.2, 0.25) is 0 Å². The van der Waals surface area contributed by atoms with Gasteiger partial charge in [-0.05, 0) is 18.8 Å². The van der Waals surface area contributed by atoms with Gasteiger partial charge in [-0.3, -0.25) is 10.1 Å². The lowest BCUT2D eigenvalue weighted by molar-refractivity contribution is -0.385. The average Bonchev–Trinajstić information content (AvgIpc) is 2.53. The molecule has 2 heterocycles. The number of nitro groups is 1. The summed E-state index contributed by atoms with van der Waals surface area (Å²) in [6.07, 6.45) is 1.52. The molecule has 0 radical (unpaired) electrons. The molecule has 2 rings (SSSR count). The van der Waals surface area contributed by atoms with E-state index in [4.69, 9.17) is 11.6 Å². The van der Waals surface area contributed by atoms with Crippen molar-refractivity contribution >= 4 is 33.1 Å². The predicted octanol–water partition coefficient (Wildman–Crippen LogP) is 2.62. The first-order valence-corrected chi connectivity index (χ1v) is 8.94.